The molecule has 0 saturated carbocycles. The van der Waals surface area contributed by atoms with Gasteiger partial charge in [0.05, 0.1) is 12.6 Å². The Morgan fingerprint density at radius 1 is 1.29 bits per heavy atom. The SMILES string of the molecule is CCNC(=NCc1cc(C)c(O)c(C)c1)NC(C)c1cccs1.I. The molecule has 0 aliphatic heterocycles. The molecule has 0 aliphatic rings. The number of rotatable bonds is 5. The van der Waals surface area contributed by atoms with Gasteiger partial charge in [-0.3, -0.25) is 0 Å². The van der Waals surface area contributed by atoms with Gasteiger partial charge in [0.25, 0.3) is 0 Å². The van der Waals surface area contributed by atoms with Gasteiger partial charge in [-0.1, -0.05) is 18.2 Å². The van der Waals surface area contributed by atoms with E-state index in [0.29, 0.717) is 12.3 Å². The van der Waals surface area contributed by atoms with Crippen LogP contribution in [0.1, 0.15) is 41.5 Å². The summed E-state index contributed by atoms with van der Waals surface area (Å²) in [4.78, 5) is 5.95. The van der Waals surface area contributed by atoms with Gasteiger partial charge in [0.2, 0.25) is 0 Å². The topological polar surface area (TPSA) is 56.7 Å². The number of benzene rings is 1. The van der Waals surface area contributed by atoms with Crippen LogP contribution < -0.4 is 10.6 Å². The first kappa shape index (κ1) is 20.8. The minimum atomic E-state index is 0. The van der Waals surface area contributed by atoms with Crippen LogP contribution in [0.15, 0.2) is 34.6 Å². The summed E-state index contributed by atoms with van der Waals surface area (Å²) in [6.07, 6.45) is 0. The zero-order valence-corrected chi connectivity index (χ0v) is 17.7. The highest BCUT2D eigenvalue weighted by Crippen LogP contribution is 2.23. The maximum Gasteiger partial charge on any atom is 0.192 e. The van der Waals surface area contributed by atoms with Gasteiger partial charge in [0, 0.05) is 11.4 Å². The number of hydrogen-bond acceptors (Lipinski definition) is 3. The number of halogens is 1. The lowest BCUT2D eigenvalue weighted by molar-refractivity contribution is 0.466. The third kappa shape index (κ3) is 5.66. The molecule has 1 aromatic heterocycles. The first-order valence-corrected chi connectivity index (χ1v) is 8.76. The van der Waals surface area contributed by atoms with Crippen LogP contribution in [0.3, 0.4) is 0 Å². The summed E-state index contributed by atoms with van der Waals surface area (Å²) in [5.74, 6) is 1.17. The number of nitrogens with zero attached hydrogens (tertiary/aromatic N) is 1. The van der Waals surface area contributed by atoms with E-state index in [1.54, 1.807) is 11.3 Å². The van der Waals surface area contributed by atoms with Gasteiger partial charge in [-0.15, -0.1) is 35.3 Å². The van der Waals surface area contributed by atoms with Crippen molar-refractivity contribution >= 4 is 41.3 Å². The number of aryl methyl sites for hydroxylation is 2. The van der Waals surface area contributed by atoms with Gasteiger partial charge in [-0.05, 0) is 55.8 Å². The molecule has 6 heteroatoms. The number of hydrogen-bond donors (Lipinski definition) is 3. The number of phenols is 1. The van der Waals surface area contributed by atoms with Crippen molar-refractivity contribution in [3.63, 3.8) is 0 Å². The maximum atomic E-state index is 9.86. The smallest absolute Gasteiger partial charge is 0.192 e. The van der Waals surface area contributed by atoms with Crippen LogP contribution >= 0.6 is 35.3 Å². The monoisotopic (exact) mass is 459 g/mol. The zero-order chi connectivity index (χ0) is 16.8. The molecule has 132 valence electrons. The van der Waals surface area contributed by atoms with Crippen LogP contribution in [0.2, 0.25) is 0 Å². The van der Waals surface area contributed by atoms with E-state index in [2.05, 4.69) is 47.0 Å². The van der Waals surface area contributed by atoms with Crippen LogP contribution in [-0.4, -0.2) is 17.6 Å². The van der Waals surface area contributed by atoms with E-state index in [9.17, 15) is 5.11 Å². The zero-order valence-electron chi connectivity index (χ0n) is 14.6. The first-order chi connectivity index (χ1) is 11.0. The number of aromatic hydroxyl groups is 1. The molecule has 0 amide bonds. The van der Waals surface area contributed by atoms with Gasteiger partial charge in [0.1, 0.15) is 5.75 Å². The van der Waals surface area contributed by atoms with E-state index in [-0.39, 0.29) is 30.0 Å². The minimum Gasteiger partial charge on any atom is -0.507 e. The standard InChI is InChI=1S/C18H25N3OS.HI/c1-5-19-18(21-14(4)16-7-6-8-23-16)20-11-15-9-12(2)17(22)13(3)10-15;/h6-10,14,22H,5,11H2,1-4H3,(H2,19,20,21);1H. The second-order valence-electron chi connectivity index (χ2n) is 5.65. The van der Waals surface area contributed by atoms with Gasteiger partial charge >= 0.3 is 0 Å². The van der Waals surface area contributed by atoms with E-state index in [1.165, 1.54) is 4.88 Å². The van der Waals surface area contributed by atoms with Crippen LogP contribution in [-0.2, 0) is 6.54 Å². The van der Waals surface area contributed by atoms with Gasteiger partial charge < -0.3 is 15.7 Å². The number of guanidine groups is 1. The molecule has 1 aromatic carbocycles. The Bertz CT molecular complexity index is 648. The van der Waals surface area contributed by atoms with Crippen molar-refractivity contribution < 1.29 is 5.11 Å². The number of aliphatic imine (C=N–C) groups is 1. The Morgan fingerprint density at radius 3 is 2.50 bits per heavy atom. The van der Waals surface area contributed by atoms with Crippen molar-refractivity contribution in [1.82, 2.24) is 10.6 Å². The van der Waals surface area contributed by atoms with Crippen molar-refractivity contribution in [1.29, 1.82) is 0 Å². The molecule has 1 unspecified atom stereocenters. The van der Waals surface area contributed by atoms with Crippen molar-refractivity contribution in [2.45, 2.75) is 40.3 Å². The van der Waals surface area contributed by atoms with E-state index in [4.69, 9.17) is 0 Å². The summed E-state index contributed by atoms with van der Waals surface area (Å²) in [5.41, 5.74) is 2.87. The highest BCUT2D eigenvalue weighted by molar-refractivity contribution is 14.0. The van der Waals surface area contributed by atoms with Crippen molar-refractivity contribution in [2.24, 2.45) is 4.99 Å². The van der Waals surface area contributed by atoms with E-state index < -0.39 is 0 Å². The van der Waals surface area contributed by atoms with Crippen molar-refractivity contribution in [3.8, 4) is 5.75 Å². The molecule has 0 radical (unpaired) electrons. The molecule has 2 aromatic rings. The number of nitrogens with one attached hydrogen (secondary N) is 2. The molecule has 0 aliphatic carbocycles. The predicted molar refractivity (Wildman–Crippen MR) is 114 cm³/mol. The average Bonchev–Trinajstić information content (AvgIpc) is 3.04. The minimum absolute atomic E-state index is 0. The van der Waals surface area contributed by atoms with Crippen LogP contribution in [0.25, 0.3) is 0 Å². The van der Waals surface area contributed by atoms with Gasteiger partial charge in [-0.2, -0.15) is 0 Å². The second-order valence-corrected chi connectivity index (χ2v) is 6.63. The highest BCUT2D eigenvalue weighted by atomic mass is 127. The maximum absolute atomic E-state index is 9.86. The predicted octanol–water partition coefficient (Wildman–Crippen LogP) is 4.50. The van der Waals surface area contributed by atoms with Crippen LogP contribution in [0.5, 0.6) is 5.75 Å². The Kier molecular flexibility index (Phi) is 8.55. The molecule has 1 heterocycles. The summed E-state index contributed by atoms with van der Waals surface area (Å²) in [5, 5.41) is 18.7. The lowest BCUT2D eigenvalue weighted by Crippen LogP contribution is -2.38. The van der Waals surface area contributed by atoms with Gasteiger partial charge in [0.15, 0.2) is 5.96 Å². The quantitative estimate of drug-likeness (QED) is 0.351. The van der Waals surface area contributed by atoms with Crippen molar-refractivity contribution in [3.05, 3.63) is 51.2 Å². The molecule has 24 heavy (non-hydrogen) atoms. The largest absolute Gasteiger partial charge is 0.507 e. The summed E-state index contributed by atoms with van der Waals surface area (Å²) >= 11 is 1.74. The molecular formula is C18H26IN3OS. The second kappa shape index (κ2) is 9.88. The summed E-state index contributed by atoms with van der Waals surface area (Å²) in [6.45, 7) is 9.41. The Morgan fingerprint density at radius 2 is 1.96 bits per heavy atom. The highest BCUT2D eigenvalue weighted by Gasteiger charge is 2.09. The van der Waals surface area contributed by atoms with Crippen LogP contribution in [0.4, 0.5) is 0 Å². The third-order valence-corrected chi connectivity index (χ3v) is 4.69. The summed E-state index contributed by atoms with van der Waals surface area (Å²) < 4.78 is 0. The molecule has 2 rings (SSSR count). The Balaban J connectivity index is 0.00000288. The van der Waals surface area contributed by atoms with E-state index in [0.717, 1.165) is 29.2 Å². The Hall–Kier alpha value is -1.28. The average molecular weight is 459 g/mol. The van der Waals surface area contributed by atoms with Crippen molar-refractivity contribution in [2.75, 3.05) is 6.54 Å². The first-order valence-electron chi connectivity index (χ1n) is 7.88. The molecule has 1 atom stereocenters. The van der Waals surface area contributed by atoms with Gasteiger partial charge in [-0.25, -0.2) is 4.99 Å². The van der Waals surface area contributed by atoms with E-state index in [1.807, 2.05) is 26.0 Å². The van der Waals surface area contributed by atoms with Crippen LogP contribution in [0, 0.1) is 13.8 Å². The summed E-state index contributed by atoms with van der Waals surface area (Å²) in [7, 11) is 0. The molecule has 0 bridgehead atoms. The fourth-order valence-electron chi connectivity index (χ4n) is 2.44. The lowest BCUT2D eigenvalue weighted by atomic mass is 10.1. The molecule has 0 fully saturated rings. The molecule has 0 spiro atoms. The fourth-order valence-corrected chi connectivity index (χ4v) is 3.18. The fraction of sp³-hybridized carbons (Fsp3) is 0.389. The van der Waals surface area contributed by atoms with E-state index >= 15 is 0 Å². The normalized spacial score (nSPS) is 12.4. The molecular weight excluding hydrogens is 433 g/mol. The Labute approximate surface area is 165 Å². The molecule has 3 N–H and O–H groups in total. The third-order valence-electron chi connectivity index (χ3n) is 3.64. The number of thiophene rings is 1. The lowest BCUT2D eigenvalue weighted by Gasteiger charge is -2.17. The number of phenolic OH excluding ortho intramolecular Hbond substituents is 1. The summed E-state index contributed by atoms with van der Waals surface area (Å²) in [6, 6.07) is 8.37. The molecule has 0 saturated heterocycles. The molecule has 4 nitrogen and oxygen atoms in total.